The maximum Gasteiger partial charge on any atom is 0.224 e. The Bertz CT molecular complexity index is 662. The van der Waals surface area contributed by atoms with Crippen molar-refractivity contribution in [2.75, 3.05) is 6.61 Å². The van der Waals surface area contributed by atoms with E-state index < -0.39 is 0 Å². The van der Waals surface area contributed by atoms with Crippen molar-refractivity contribution < 1.29 is 9.53 Å². The topological polar surface area (TPSA) is 26.3 Å². The number of unbranched alkanes of at least 4 members (excludes halogenated alkanes) is 5. The van der Waals surface area contributed by atoms with Crippen LogP contribution in [-0.4, -0.2) is 11.7 Å². The molecule has 0 radical (unpaired) electrons. The average Bonchev–Trinajstić information content (AvgIpc) is 2.70. The van der Waals surface area contributed by atoms with E-state index in [1.54, 1.807) is 0 Å². The number of ether oxygens (including phenoxy) is 1. The maximum absolute atomic E-state index is 12.5. The monoisotopic (exact) mass is 384 g/mol. The van der Waals surface area contributed by atoms with Gasteiger partial charge in [-0.25, -0.2) is 0 Å². The third-order valence-electron chi connectivity index (χ3n) is 4.56. The van der Waals surface area contributed by atoms with Gasteiger partial charge in [-0.05, 0) is 73.0 Å². The lowest BCUT2D eigenvalue weighted by atomic mass is 10.1. The highest BCUT2D eigenvalue weighted by Crippen LogP contribution is 2.25. The molecule has 0 aliphatic rings. The van der Waals surface area contributed by atoms with Crippen LogP contribution in [0.3, 0.4) is 0 Å². The molecular weight excluding hydrogens is 352 g/mol. The van der Waals surface area contributed by atoms with E-state index in [1.807, 2.05) is 36.4 Å². The van der Waals surface area contributed by atoms with Gasteiger partial charge in [0.1, 0.15) is 5.75 Å². The van der Waals surface area contributed by atoms with Crippen molar-refractivity contribution in [3.63, 3.8) is 0 Å². The van der Waals surface area contributed by atoms with Crippen LogP contribution in [0.1, 0.15) is 74.7 Å². The Labute approximate surface area is 168 Å². The number of rotatable bonds is 12. The van der Waals surface area contributed by atoms with Crippen molar-refractivity contribution in [1.29, 1.82) is 0 Å². The Morgan fingerprint density at radius 1 is 0.815 bits per heavy atom. The summed E-state index contributed by atoms with van der Waals surface area (Å²) >= 11 is 1.28. The van der Waals surface area contributed by atoms with Gasteiger partial charge in [-0.15, -0.1) is 0 Å². The SMILES string of the molecule is CCCCCCCOc1ccc(C(=O)Sc2ccc(CCCC)cc2)cc1. The van der Waals surface area contributed by atoms with Crippen LogP contribution in [-0.2, 0) is 6.42 Å². The number of carbonyl (C=O) groups is 1. The fourth-order valence-electron chi connectivity index (χ4n) is 2.85. The average molecular weight is 385 g/mol. The third kappa shape index (κ3) is 8.21. The first-order chi connectivity index (χ1) is 13.2. The summed E-state index contributed by atoms with van der Waals surface area (Å²) < 4.78 is 5.77. The van der Waals surface area contributed by atoms with Crippen LogP contribution in [0.25, 0.3) is 0 Å². The van der Waals surface area contributed by atoms with E-state index >= 15 is 0 Å². The summed E-state index contributed by atoms with van der Waals surface area (Å²) in [6, 6.07) is 15.9. The molecule has 0 bridgehead atoms. The number of thioether (sulfide) groups is 1. The van der Waals surface area contributed by atoms with Gasteiger partial charge in [0.2, 0.25) is 5.12 Å². The smallest absolute Gasteiger partial charge is 0.224 e. The number of hydrogen-bond acceptors (Lipinski definition) is 3. The van der Waals surface area contributed by atoms with Crippen LogP contribution in [0.5, 0.6) is 5.75 Å². The van der Waals surface area contributed by atoms with E-state index in [0.29, 0.717) is 5.56 Å². The summed E-state index contributed by atoms with van der Waals surface area (Å²) in [6.45, 7) is 5.17. The number of hydrogen-bond donors (Lipinski definition) is 0. The summed E-state index contributed by atoms with van der Waals surface area (Å²) in [5, 5.41) is 0.0717. The molecule has 0 saturated heterocycles. The fraction of sp³-hybridized carbons (Fsp3) is 0.458. The molecule has 0 saturated carbocycles. The van der Waals surface area contributed by atoms with Crippen molar-refractivity contribution in [3.05, 3.63) is 59.7 Å². The zero-order valence-electron chi connectivity index (χ0n) is 16.7. The fourth-order valence-corrected chi connectivity index (χ4v) is 3.59. The normalized spacial score (nSPS) is 10.7. The first-order valence-corrected chi connectivity index (χ1v) is 11.1. The van der Waals surface area contributed by atoms with Crippen molar-refractivity contribution in [2.45, 2.75) is 70.1 Å². The molecular formula is C24H32O2S. The molecule has 0 unspecified atom stereocenters. The van der Waals surface area contributed by atoms with Crippen LogP contribution in [0.4, 0.5) is 0 Å². The Hall–Kier alpha value is -1.74. The van der Waals surface area contributed by atoms with E-state index in [0.717, 1.165) is 30.1 Å². The summed E-state index contributed by atoms with van der Waals surface area (Å²) in [5.74, 6) is 0.840. The molecule has 0 amide bonds. The van der Waals surface area contributed by atoms with E-state index in [4.69, 9.17) is 4.74 Å². The first kappa shape index (κ1) is 21.6. The van der Waals surface area contributed by atoms with E-state index in [1.165, 1.54) is 55.9 Å². The minimum atomic E-state index is 0.0717. The van der Waals surface area contributed by atoms with Crippen molar-refractivity contribution in [1.82, 2.24) is 0 Å². The Morgan fingerprint density at radius 3 is 2.15 bits per heavy atom. The molecule has 0 heterocycles. The molecule has 0 N–H and O–H groups in total. The molecule has 0 fully saturated rings. The highest BCUT2D eigenvalue weighted by atomic mass is 32.2. The minimum absolute atomic E-state index is 0.0717. The van der Waals surface area contributed by atoms with Gasteiger partial charge in [0.05, 0.1) is 6.61 Å². The molecule has 2 aromatic rings. The molecule has 146 valence electrons. The lowest BCUT2D eigenvalue weighted by Gasteiger charge is -2.07. The van der Waals surface area contributed by atoms with E-state index in [-0.39, 0.29) is 5.12 Å². The second kappa shape index (κ2) is 12.6. The molecule has 3 heteroatoms. The minimum Gasteiger partial charge on any atom is -0.494 e. The molecule has 0 aliphatic heterocycles. The highest BCUT2D eigenvalue weighted by Gasteiger charge is 2.08. The van der Waals surface area contributed by atoms with Crippen LogP contribution < -0.4 is 4.74 Å². The van der Waals surface area contributed by atoms with Gasteiger partial charge in [-0.3, -0.25) is 4.79 Å². The second-order valence-corrected chi connectivity index (χ2v) is 7.97. The lowest BCUT2D eigenvalue weighted by molar-refractivity contribution is 0.108. The Balaban J connectivity index is 1.77. The van der Waals surface area contributed by atoms with E-state index in [9.17, 15) is 4.79 Å². The van der Waals surface area contributed by atoms with Gasteiger partial charge in [0.25, 0.3) is 0 Å². The van der Waals surface area contributed by atoms with Crippen molar-refractivity contribution in [2.24, 2.45) is 0 Å². The number of benzene rings is 2. The largest absolute Gasteiger partial charge is 0.494 e. The van der Waals surface area contributed by atoms with Gasteiger partial charge in [-0.2, -0.15) is 0 Å². The summed E-state index contributed by atoms with van der Waals surface area (Å²) in [4.78, 5) is 13.5. The quantitative estimate of drug-likeness (QED) is 0.283. The van der Waals surface area contributed by atoms with Gasteiger partial charge in [-0.1, -0.05) is 58.1 Å². The van der Waals surface area contributed by atoms with Crippen LogP contribution in [0.2, 0.25) is 0 Å². The second-order valence-electron chi connectivity index (χ2n) is 6.92. The van der Waals surface area contributed by atoms with Gasteiger partial charge < -0.3 is 4.74 Å². The van der Waals surface area contributed by atoms with Gasteiger partial charge in [0.15, 0.2) is 0 Å². The molecule has 0 aliphatic carbocycles. The molecule has 0 spiro atoms. The van der Waals surface area contributed by atoms with Gasteiger partial charge in [0, 0.05) is 10.5 Å². The maximum atomic E-state index is 12.5. The molecule has 2 nitrogen and oxygen atoms in total. The zero-order chi connectivity index (χ0) is 19.3. The van der Waals surface area contributed by atoms with Gasteiger partial charge >= 0.3 is 0 Å². The lowest BCUT2D eigenvalue weighted by Crippen LogP contribution is -1.98. The summed E-state index contributed by atoms with van der Waals surface area (Å²) in [6.07, 6.45) is 9.67. The van der Waals surface area contributed by atoms with Crippen molar-refractivity contribution in [3.8, 4) is 5.75 Å². The number of carbonyl (C=O) groups excluding carboxylic acids is 1. The summed E-state index contributed by atoms with van der Waals surface area (Å²) in [5.41, 5.74) is 2.05. The number of aryl methyl sites for hydroxylation is 1. The third-order valence-corrected chi connectivity index (χ3v) is 5.49. The molecule has 27 heavy (non-hydrogen) atoms. The van der Waals surface area contributed by atoms with Crippen LogP contribution in [0, 0.1) is 0 Å². The molecule has 2 rings (SSSR count). The first-order valence-electron chi connectivity index (χ1n) is 10.3. The standard InChI is InChI=1S/C24H32O2S/c1-3-5-7-8-9-19-26-22-15-13-21(14-16-22)24(25)27-23-17-11-20(12-18-23)10-6-4-2/h11-18H,3-10,19H2,1-2H3. The van der Waals surface area contributed by atoms with Crippen LogP contribution in [0.15, 0.2) is 53.4 Å². The highest BCUT2D eigenvalue weighted by molar-refractivity contribution is 8.14. The zero-order valence-corrected chi connectivity index (χ0v) is 17.5. The molecule has 2 aromatic carbocycles. The predicted octanol–water partition coefficient (Wildman–Crippen LogP) is 7.31. The van der Waals surface area contributed by atoms with E-state index in [2.05, 4.69) is 26.0 Å². The van der Waals surface area contributed by atoms with Crippen molar-refractivity contribution >= 4 is 16.9 Å². The van der Waals surface area contributed by atoms with Crippen LogP contribution >= 0.6 is 11.8 Å². The summed E-state index contributed by atoms with van der Waals surface area (Å²) in [7, 11) is 0. The molecule has 0 atom stereocenters. The predicted molar refractivity (Wildman–Crippen MR) is 116 cm³/mol. The Kier molecular flexibility index (Phi) is 10.1. The molecule has 0 aromatic heterocycles. The Morgan fingerprint density at radius 2 is 1.48 bits per heavy atom.